The van der Waals surface area contributed by atoms with Crippen molar-refractivity contribution >= 4 is 35.0 Å². The number of hydrogen-bond donors (Lipinski definition) is 1. The van der Waals surface area contributed by atoms with E-state index in [9.17, 15) is 9.59 Å². The van der Waals surface area contributed by atoms with Crippen molar-refractivity contribution in [2.24, 2.45) is 0 Å². The molecule has 160 valence electrons. The van der Waals surface area contributed by atoms with E-state index in [1.807, 2.05) is 18.2 Å². The lowest BCUT2D eigenvalue weighted by molar-refractivity contribution is 0.0783. The number of halogens is 2. The summed E-state index contributed by atoms with van der Waals surface area (Å²) >= 11 is 12.4. The minimum Gasteiger partial charge on any atom is -0.355 e. The van der Waals surface area contributed by atoms with Gasteiger partial charge in [-0.1, -0.05) is 35.3 Å². The molecule has 1 aliphatic carbocycles. The molecule has 31 heavy (non-hydrogen) atoms. The molecule has 1 saturated carbocycles. The monoisotopic (exact) mass is 456 g/mol. The van der Waals surface area contributed by atoms with Crippen LogP contribution in [0.25, 0.3) is 5.69 Å². The third-order valence-corrected chi connectivity index (χ3v) is 5.89. The van der Waals surface area contributed by atoms with Gasteiger partial charge >= 0.3 is 0 Å². The summed E-state index contributed by atoms with van der Waals surface area (Å²) < 4.78 is 1.76. The number of amides is 2. The molecule has 3 aromatic rings. The predicted molar refractivity (Wildman–Crippen MR) is 121 cm³/mol. The van der Waals surface area contributed by atoms with Gasteiger partial charge in [0.2, 0.25) is 0 Å². The largest absolute Gasteiger partial charge is 0.355 e. The summed E-state index contributed by atoms with van der Waals surface area (Å²) in [5, 5.41) is 8.12. The number of nitrogens with one attached hydrogen (secondary N) is 1. The molecule has 1 aromatic heterocycles. The highest BCUT2D eigenvalue weighted by molar-refractivity contribution is 6.35. The maximum Gasteiger partial charge on any atom is 0.257 e. The van der Waals surface area contributed by atoms with E-state index in [2.05, 4.69) is 10.4 Å². The fraction of sp³-hybridized carbons (Fsp3) is 0.261. The first-order chi connectivity index (χ1) is 14.9. The van der Waals surface area contributed by atoms with Crippen LogP contribution in [-0.4, -0.2) is 40.6 Å². The predicted octanol–water partition coefficient (Wildman–Crippen LogP) is 4.69. The number of aromatic nitrogens is 2. The third-order valence-electron chi connectivity index (χ3n) is 5.35. The van der Waals surface area contributed by atoms with Gasteiger partial charge in [0.05, 0.1) is 28.2 Å². The highest BCUT2D eigenvalue weighted by Crippen LogP contribution is 2.43. The van der Waals surface area contributed by atoms with Gasteiger partial charge < -0.3 is 10.2 Å². The van der Waals surface area contributed by atoms with Crippen molar-refractivity contribution in [1.82, 2.24) is 20.0 Å². The van der Waals surface area contributed by atoms with Gasteiger partial charge in [-0.2, -0.15) is 5.10 Å². The average molecular weight is 457 g/mol. The van der Waals surface area contributed by atoms with E-state index in [0.717, 1.165) is 24.1 Å². The topological polar surface area (TPSA) is 67.2 Å². The van der Waals surface area contributed by atoms with E-state index in [1.165, 1.54) is 0 Å². The van der Waals surface area contributed by atoms with Gasteiger partial charge in [0.1, 0.15) is 0 Å². The van der Waals surface area contributed by atoms with Crippen molar-refractivity contribution < 1.29 is 9.59 Å². The van der Waals surface area contributed by atoms with Crippen molar-refractivity contribution in [1.29, 1.82) is 0 Å². The van der Waals surface area contributed by atoms with Crippen LogP contribution in [0.15, 0.2) is 48.7 Å². The van der Waals surface area contributed by atoms with E-state index in [0.29, 0.717) is 33.4 Å². The molecule has 0 unspecified atom stereocenters. The van der Waals surface area contributed by atoms with E-state index < -0.39 is 0 Å². The summed E-state index contributed by atoms with van der Waals surface area (Å²) in [7, 11) is 3.36. The first kappa shape index (κ1) is 21.4. The van der Waals surface area contributed by atoms with E-state index >= 15 is 0 Å². The Bertz CT molecular complexity index is 1140. The van der Waals surface area contributed by atoms with Gasteiger partial charge in [-0.15, -0.1) is 0 Å². The normalized spacial score (nSPS) is 13.2. The lowest BCUT2D eigenvalue weighted by atomic mass is 10.1. The molecule has 2 amide bonds. The fourth-order valence-corrected chi connectivity index (χ4v) is 4.06. The Morgan fingerprint density at radius 3 is 2.48 bits per heavy atom. The molecule has 1 aliphatic rings. The van der Waals surface area contributed by atoms with E-state index in [-0.39, 0.29) is 17.7 Å². The Morgan fingerprint density at radius 2 is 1.87 bits per heavy atom. The van der Waals surface area contributed by atoms with Gasteiger partial charge in [-0.05, 0) is 48.7 Å². The van der Waals surface area contributed by atoms with Crippen LogP contribution in [0, 0.1) is 0 Å². The summed E-state index contributed by atoms with van der Waals surface area (Å²) in [6.07, 6.45) is 3.65. The van der Waals surface area contributed by atoms with Crippen molar-refractivity contribution in [2.45, 2.75) is 25.3 Å². The first-order valence-corrected chi connectivity index (χ1v) is 10.7. The zero-order chi connectivity index (χ0) is 22.1. The molecule has 4 rings (SSSR count). The molecular formula is C23H22Cl2N4O2. The number of hydrogen-bond acceptors (Lipinski definition) is 3. The van der Waals surface area contributed by atoms with E-state index in [4.69, 9.17) is 23.2 Å². The number of rotatable bonds is 6. The molecule has 0 bridgehead atoms. The van der Waals surface area contributed by atoms with Crippen LogP contribution in [0.4, 0.5) is 0 Å². The minimum atomic E-state index is -0.140. The van der Waals surface area contributed by atoms with Crippen LogP contribution >= 0.6 is 23.2 Å². The smallest absolute Gasteiger partial charge is 0.257 e. The Labute approximate surface area is 190 Å². The molecule has 1 heterocycles. The fourth-order valence-electron chi connectivity index (χ4n) is 3.57. The molecule has 6 nitrogen and oxygen atoms in total. The zero-order valence-electron chi connectivity index (χ0n) is 17.2. The lowest BCUT2D eigenvalue weighted by Crippen LogP contribution is -2.27. The van der Waals surface area contributed by atoms with Crippen molar-refractivity contribution in [2.75, 3.05) is 14.1 Å². The van der Waals surface area contributed by atoms with Crippen LogP contribution in [0.2, 0.25) is 10.0 Å². The first-order valence-electron chi connectivity index (χ1n) is 9.99. The standard InChI is InChI=1S/C23H22Cl2N4O2/c1-26-22(30)16-5-3-14(4-6-16)13-28(2)23(31)18-12-27-29(21(18)15-7-8-15)20-10-9-17(24)11-19(20)25/h3-6,9-12,15H,7-8,13H2,1-2H3,(H,26,30). The van der Waals surface area contributed by atoms with E-state index in [1.54, 1.807) is 54.1 Å². The van der Waals surface area contributed by atoms with Crippen molar-refractivity contribution in [3.05, 3.63) is 81.1 Å². The van der Waals surface area contributed by atoms with Gasteiger partial charge in [-0.3, -0.25) is 9.59 Å². The summed E-state index contributed by atoms with van der Waals surface area (Å²) in [5.41, 5.74) is 3.69. The van der Waals surface area contributed by atoms with Crippen LogP contribution in [0.3, 0.4) is 0 Å². The van der Waals surface area contributed by atoms with Gasteiger partial charge in [0.15, 0.2) is 0 Å². The summed E-state index contributed by atoms with van der Waals surface area (Å²) in [4.78, 5) is 26.6. The zero-order valence-corrected chi connectivity index (χ0v) is 18.7. The number of carbonyl (C=O) groups is 2. The number of carbonyl (C=O) groups excluding carboxylic acids is 2. The maximum atomic E-state index is 13.3. The van der Waals surface area contributed by atoms with Gasteiger partial charge in [0, 0.05) is 37.1 Å². The van der Waals surface area contributed by atoms with Crippen molar-refractivity contribution in [3.63, 3.8) is 0 Å². The summed E-state index contributed by atoms with van der Waals surface area (Å²) in [6, 6.07) is 12.5. The van der Waals surface area contributed by atoms with Crippen LogP contribution in [-0.2, 0) is 6.54 Å². The molecule has 1 N–H and O–H groups in total. The Kier molecular flexibility index (Phi) is 6.03. The second-order valence-corrected chi connectivity index (χ2v) is 8.51. The van der Waals surface area contributed by atoms with Crippen molar-refractivity contribution in [3.8, 4) is 5.69 Å². The Morgan fingerprint density at radius 1 is 1.16 bits per heavy atom. The number of benzene rings is 2. The molecule has 0 aliphatic heterocycles. The summed E-state index contributed by atoms with van der Waals surface area (Å²) in [5.74, 6) is 0.0420. The van der Waals surface area contributed by atoms with Crippen LogP contribution < -0.4 is 5.32 Å². The molecule has 1 fully saturated rings. The summed E-state index contributed by atoms with van der Waals surface area (Å²) in [6.45, 7) is 0.420. The second kappa shape index (κ2) is 8.73. The third kappa shape index (κ3) is 4.45. The van der Waals surface area contributed by atoms with Gasteiger partial charge in [0.25, 0.3) is 11.8 Å². The minimum absolute atomic E-state index is 0.103. The van der Waals surface area contributed by atoms with Crippen LogP contribution in [0.5, 0.6) is 0 Å². The molecule has 2 aromatic carbocycles. The highest BCUT2D eigenvalue weighted by Gasteiger charge is 2.34. The lowest BCUT2D eigenvalue weighted by Gasteiger charge is -2.18. The molecule has 0 radical (unpaired) electrons. The van der Waals surface area contributed by atoms with Gasteiger partial charge in [-0.25, -0.2) is 4.68 Å². The van der Waals surface area contributed by atoms with Crippen LogP contribution in [0.1, 0.15) is 50.7 Å². The maximum absolute atomic E-state index is 13.3. The number of nitrogens with zero attached hydrogens (tertiary/aromatic N) is 3. The molecule has 0 spiro atoms. The Balaban J connectivity index is 1.58. The molecular weight excluding hydrogens is 435 g/mol. The second-order valence-electron chi connectivity index (χ2n) is 7.66. The molecule has 8 heteroatoms. The highest BCUT2D eigenvalue weighted by atomic mass is 35.5. The Hall–Kier alpha value is -2.83. The quantitative estimate of drug-likeness (QED) is 0.584. The molecule has 0 atom stereocenters. The SMILES string of the molecule is CNC(=O)c1ccc(CN(C)C(=O)c2cnn(-c3ccc(Cl)cc3Cl)c2C2CC2)cc1. The molecule has 0 saturated heterocycles. The average Bonchev–Trinajstić information content (AvgIpc) is 3.51.